The first-order valence-electron chi connectivity index (χ1n) is 5.44. The maximum Gasteiger partial charge on any atom is 0.197 e. The predicted molar refractivity (Wildman–Crippen MR) is 63.6 cm³/mol. The van der Waals surface area contributed by atoms with Gasteiger partial charge in [-0.1, -0.05) is 0 Å². The van der Waals surface area contributed by atoms with Gasteiger partial charge >= 0.3 is 0 Å². The van der Waals surface area contributed by atoms with E-state index in [1.807, 2.05) is 6.92 Å². The van der Waals surface area contributed by atoms with Crippen LogP contribution in [0.2, 0.25) is 0 Å². The second-order valence-electron chi connectivity index (χ2n) is 4.29. The zero-order valence-corrected chi connectivity index (χ0v) is 10.1. The number of aryl methyl sites for hydroxylation is 2. The van der Waals surface area contributed by atoms with Gasteiger partial charge in [0.1, 0.15) is 0 Å². The molecule has 1 aromatic heterocycles. The van der Waals surface area contributed by atoms with E-state index >= 15 is 0 Å². The topological polar surface area (TPSA) is 40.7 Å². The van der Waals surface area contributed by atoms with Crippen LogP contribution in [0.25, 0.3) is 0 Å². The average Bonchev–Trinajstić information content (AvgIpc) is 2.63. The second kappa shape index (κ2) is 4.41. The van der Waals surface area contributed by atoms with E-state index in [-0.39, 0.29) is 0 Å². The molecule has 0 aliphatic carbocycles. The Morgan fingerprint density at radius 3 is 2.87 bits per heavy atom. The van der Waals surface area contributed by atoms with Gasteiger partial charge in [-0.25, -0.2) is 4.98 Å². The van der Waals surface area contributed by atoms with Crippen LogP contribution in [0.3, 0.4) is 0 Å². The molecule has 15 heavy (non-hydrogen) atoms. The summed E-state index contributed by atoms with van der Waals surface area (Å²) >= 11 is 5.05. The normalized spacial score (nSPS) is 20.8. The third-order valence-corrected chi connectivity index (χ3v) is 3.30. The summed E-state index contributed by atoms with van der Waals surface area (Å²) in [4.78, 5) is 7.45. The van der Waals surface area contributed by atoms with Gasteiger partial charge in [-0.2, -0.15) is 0 Å². The van der Waals surface area contributed by atoms with Gasteiger partial charge in [0, 0.05) is 11.4 Å². The van der Waals surface area contributed by atoms with Crippen LogP contribution in [0.15, 0.2) is 0 Å². The fourth-order valence-electron chi connectivity index (χ4n) is 2.23. The first kappa shape index (κ1) is 10.8. The van der Waals surface area contributed by atoms with Gasteiger partial charge in [0.05, 0.1) is 0 Å². The van der Waals surface area contributed by atoms with Crippen molar-refractivity contribution in [2.75, 3.05) is 13.1 Å². The van der Waals surface area contributed by atoms with E-state index in [1.54, 1.807) is 0 Å². The molecule has 1 saturated heterocycles. The van der Waals surface area contributed by atoms with Crippen LogP contribution in [0, 0.1) is 24.5 Å². The lowest BCUT2D eigenvalue weighted by Crippen LogP contribution is -2.13. The highest BCUT2D eigenvalue weighted by Gasteiger charge is 2.17. The van der Waals surface area contributed by atoms with Crippen LogP contribution in [-0.4, -0.2) is 23.1 Å². The third kappa shape index (κ3) is 2.44. The average molecular weight is 223 g/mol. The summed E-state index contributed by atoms with van der Waals surface area (Å²) in [7, 11) is 0. The molecule has 2 rings (SSSR count). The molecule has 3 nitrogen and oxygen atoms in total. The van der Waals surface area contributed by atoms with E-state index in [0.717, 1.165) is 31.1 Å². The maximum atomic E-state index is 5.05. The molecule has 0 saturated carbocycles. The SMILES string of the molecule is Cc1nc(=S)[nH]c(C)c1CC1CCNC1. The minimum absolute atomic E-state index is 0.596. The molecule has 82 valence electrons. The van der Waals surface area contributed by atoms with E-state index in [2.05, 4.69) is 22.2 Å². The van der Waals surface area contributed by atoms with Gasteiger partial charge in [-0.3, -0.25) is 0 Å². The van der Waals surface area contributed by atoms with Crippen molar-refractivity contribution >= 4 is 12.2 Å². The van der Waals surface area contributed by atoms with Crippen LogP contribution >= 0.6 is 12.2 Å². The van der Waals surface area contributed by atoms with Crippen molar-refractivity contribution in [3.8, 4) is 0 Å². The van der Waals surface area contributed by atoms with Crippen molar-refractivity contribution in [2.24, 2.45) is 5.92 Å². The quantitative estimate of drug-likeness (QED) is 0.752. The summed E-state index contributed by atoms with van der Waals surface area (Å²) in [6.07, 6.45) is 2.39. The minimum Gasteiger partial charge on any atom is -0.335 e. The monoisotopic (exact) mass is 223 g/mol. The molecule has 1 aliphatic rings. The largest absolute Gasteiger partial charge is 0.335 e. The minimum atomic E-state index is 0.596. The van der Waals surface area contributed by atoms with E-state index in [9.17, 15) is 0 Å². The Hall–Kier alpha value is -0.740. The number of nitrogens with one attached hydrogen (secondary N) is 2. The molecule has 0 bridgehead atoms. The molecule has 0 aromatic carbocycles. The summed E-state index contributed by atoms with van der Waals surface area (Å²) in [6, 6.07) is 0. The lowest BCUT2D eigenvalue weighted by atomic mass is 9.97. The molecule has 1 unspecified atom stereocenters. The van der Waals surface area contributed by atoms with Crippen LogP contribution in [0.5, 0.6) is 0 Å². The van der Waals surface area contributed by atoms with Crippen molar-refractivity contribution in [2.45, 2.75) is 26.7 Å². The van der Waals surface area contributed by atoms with Crippen molar-refractivity contribution in [1.29, 1.82) is 0 Å². The van der Waals surface area contributed by atoms with Crippen molar-refractivity contribution in [3.05, 3.63) is 21.7 Å². The number of H-pyrrole nitrogens is 1. The Morgan fingerprint density at radius 2 is 2.27 bits per heavy atom. The fourth-order valence-corrected chi connectivity index (χ4v) is 2.52. The molecule has 1 fully saturated rings. The Morgan fingerprint density at radius 1 is 1.47 bits per heavy atom. The molecule has 0 spiro atoms. The summed E-state index contributed by atoms with van der Waals surface area (Å²) in [5.74, 6) is 0.758. The van der Waals surface area contributed by atoms with Crippen LogP contribution < -0.4 is 5.32 Å². The molecular weight excluding hydrogens is 206 g/mol. The van der Waals surface area contributed by atoms with Crippen LogP contribution in [0.1, 0.15) is 23.4 Å². The first-order chi connectivity index (χ1) is 7.16. The number of hydrogen-bond acceptors (Lipinski definition) is 3. The molecular formula is C11H17N3S. The van der Waals surface area contributed by atoms with E-state index in [0.29, 0.717) is 4.77 Å². The van der Waals surface area contributed by atoms with Crippen molar-refractivity contribution in [1.82, 2.24) is 15.3 Å². The predicted octanol–water partition coefficient (Wildman–Crippen LogP) is 1.91. The number of aromatic amines is 1. The Kier molecular flexibility index (Phi) is 3.17. The zero-order chi connectivity index (χ0) is 10.8. The summed E-state index contributed by atoms with van der Waals surface area (Å²) in [5.41, 5.74) is 3.61. The number of nitrogens with zero attached hydrogens (tertiary/aromatic N) is 1. The summed E-state index contributed by atoms with van der Waals surface area (Å²) in [6.45, 7) is 6.42. The lowest BCUT2D eigenvalue weighted by molar-refractivity contribution is 0.573. The number of hydrogen-bond donors (Lipinski definition) is 2. The zero-order valence-electron chi connectivity index (χ0n) is 9.26. The van der Waals surface area contributed by atoms with Gasteiger partial charge < -0.3 is 10.3 Å². The van der Waals surface area contributed by atoms with Crippen LogP contribution in [-0.2, 0) is 6.42 Å². The molecule has 1 aliphatic heterocycles. The van der Waals surface area contributed by atoms with E-state index in [4.69, 9.17) is 12.2 Å². The Bertz CT molecular complexity index is 379. The summed E-state index contributed by atoms with van der Waals surface area (Å²) < 4.78 is 0.596. The number of rotatable bonds is 2. The fraction of sp³-hybridized carbons (Fsp3) is 0.636. The van der Waals surface area contributed by atoms with Gasteiger partial charge in [-0.05, 0) is 63.5 Å². The van der Waals surface area contributed by atoms with Gasteiger partial charge in [-0.15, -0.1) is 0 Å². The van der Waals surface area contributed by atoms with Gasteiger partial charge in [0.2, 0.25) is 0 Å². The van der Waals surface area contributed by atoms with Crippen molar-refractivity contribution < 1.29 is 0 Å². The molecule has 0 amide bonds. The highest BCUT2D eigenvalue weighted by atomic mass is 32.1. The number of aromatic nitrogens is 2. The van der Waals surface area contributed by atoms with E-state index in [1.165, 1.54) is 17.7 Å². The van der Waals surface area contributed by atoms with E-state index < -0.39 is 0 Å². The highest BCUT2D eigenvalue weighted by Crippen LogP contribution is 2.18. The molecule has 0 radical (unpaired) electrons. The smallest absolute Gasteiger partial charge is 0.197 e. The molecule has 2 heterocycles. The third-order valence-electron chi connectivity index (χ3n) is 3.11. The molecule has 1 aromatic rings. The molecule has 1 atom stereocenters. The highest BCUT2D eigenvalue weighted by molar-refractivity contribution is 7.71. The van der Waals surface area contributed by atoms with Crippen LogP contribution in [0.4, 0.5) is 0 Å². The Labute approximate surface area is 95.3 Å². The molecule has 4 heteroatoms. The molecule has 2 N–H and O–H groups in total. The summed E-state index contributed by atoms with van der Waals surface area (Å²) in [5, 5.41) is 3.39. The first-order valence-corrected chi connectivity index (χ1v) is 5.84. The van der Waals surface area contributed by atoms with Gasteiger partial charge in [0.25, 0.3) is 0 Å². The lowest BCUT2D eigenvalue weighted by Gasteiger charge is -2.12. The Balaban J connectivity index is 2.23. The standard InChI is InChI=1S/C11H17N3S/c1-7-10(5-9-3-4-12-6-9)8(2)14-11(15)13-7/h9,12H,3-6H2,1-2H3,(H,13,14,15). The second-order valence-corrected chi connectivity index (χ2v) is 4.68. The van der Waals surface area contributed by atoms with Crippen molar-refractivity contribution in [3.63, 3.8) is 0 Å². The van der Waals surface area contributed by atoms with Gasteiger partial charge in [0.15, 0.2) is 4.77 Å². The maximum absolute atomic E-state index is 5.05.